The molecule has 0 aliphatic heterocycles. The van der Waals surface area contributed by atoms with Crippen LogP contribution in [0.3, 0.4) is 0 Å². The van der Waals surface area contributed by atoms with Crippen LogP contribution in [0.15, 0.2) is 18.2 Å². The van der Waals surface area contributed by atoms with Crippen LogP contribution < -0.4 is 10.6 Å². The van der Waals surface area contributed by atoms with Gasteiger partial charge in [0.2, 0.25) is 11.8 Å². The number of carbonyl (C=O) groups excluding carboxylic acids is 2. The molecular formula is C21H27ClN2O2. The maximum absolute atomic E-state index is 13.0. The van der Waals surface area contributed by atoms with Gasteiger partial charge in [-0.2, -0.15) is 0 Å². The molecule has 2 amide bonds. The van der Waals surface area contributed by atoms with Crippen molar-refractivity contribution >= 4 is 29.1 Å². The van der Waals surface area contributed by atoms with Gasteiger partial charge in [-0.05, 0) is 75.3 Å². The molecule has 0 heterocycles. The molecule has 4 nitrogen and oxygen atoms in total. The van der Waals surface area contributed by atoms with Gasteiger partial charge in [-0.1, -0.05) is 18.2 Å². The van der Waals surface area contributed by atoms with Crippen LogP contribution >= 0.6 is 11.6 Å². The number of carbonyl (C=O) groups is 2. The summed E-state index contributed by atoms with van der Waals surface area (Å²) in [6.45, 7) is 3.95. The molecule has 5 rings (SSSR count). The molecule has 0 spiro atoms. The smallest absolute Gasteiger partial charge is 0.243 e. The van der Waals surface area contributed by atoms with Crippen LogP contribution in [0, 0.1) is 31.1 Å². The van der Waals surface area contributed by atoms with E-state index in [1.807, 2.05) is 32.0 Å². The molecule has 5 heteroatoms. The lowest BCUT2D eigenvalue weighted by Crippen LogP contribution is -2.58. The Bertz CT molecular complexity index is 726. The number of amides is 2. The van der Waals surface area contributed by atoms with E-state index in [1.165, 1.54) is 6.42 Å². The maximum atomic E-state index is 13.0. The minimum Gasteiger partial charge on any atom is -0.347 e. The van der Waals surface area contributed by atoms with E-state index in [4.69, 9.17) is 11.6 Å². The van der Waals surface area contributed by atoms with E-state index in [-0.39, 0.29) is 28.6 Å². The third-order valence-corrected chi connectivity index (χ3v) is 7.07. The van der Waals surface area contributed by atoms with Gasteiger partial charge >= 0.3 is 0 Å². The molecule has 4 bridgehead atoms. The Hall–Kier alpha value is -1.55. The Morgan fingerprint density at radius 2 is 1.73 bits per heavy atom. The van der Waals surface area contributed by atoms with Gasteiger partial charge in [0.05, 0.1) is 12.0 Å². The van der Waals surface area contributed by atoms with Gasteiger partial charge in [-0.15, -0.1) is 11.6 Å². The summed E-state index contributed by atoms with van der Waals surface area (Å²) >= 11 is 6.81. The van der Waals surface area contributed by atoms with E-state index < -0.39 is 0 Å². The fourth-order valence-electron chi connectivity index (χ4n) is 5.96. The van der Waals surface area contributed by atoms with Crippen molar-refractivity contribution in [2.75, 3.05) is 11.9 Å². The lowest BCUT2D eigenvalue weighted by atomic mass is 9.49. The molecule has 4 aliphatic rings. The molecule has 26 heavy (non-hydrogen) atoms. The first-order valence-electron chi connectivity index (χ1n) is 9.62. The van der Waals surface area contributed by atoms with Crippen LogP contribution in [0.4, 0.5) is 5.69 Å². The van der Waals surface area contributed by atoms with E-state index in [9.17, 15) is 9.59 Å². The first-order valence-corrected chi connectivity index (χ1v) is 10.00. The molecule has 0 unspecified atom stereocenters. The number of para-hydroxylation sites is 1. The minimum absolute atomic E-state index is 0.0129. The van der Waals surface area contributed by atoms with Crippen molar-refractivity contribution in [3.63, 3.8) is 0 Å². The summed E-state index contributed by atoms with van der Waals surface area (Å²) in [6, 6.07) is 5.91. The van der Waals surface area contributed by atoms with Gasteiger partial charge in [0.1, 0.15) is 0 Å². The van der Waals surface area contributed by atoms with Gasteiger partial charge < -0.3 is 10.6 Å². The van der Waals surface area contributed by atoms with E-state index in [0.29, 0.717) is 11.8 Å². The fraction of sp³-hybridized carbons (Fsp3) is 0.619. The molecule has 0 radical (unpaired) electrons. The molecule has 0 aromatic heterocycles. The lowest BCUT2D eigenvalue weighted by molar-refractivity contribution is -0.145. The predicted molar refractivity (Wildman–Crippen MR) is 103 cm³/mol. The maximum Gasteiger partial charge on any atom is 0.243 e. The Kier molecular flexibility index (Phi) is 4.30. The third kappa shape index (κ3) is 3.13. The largest absolute Gasteiger partial charge is 0.347 e. The molecule has 4 saturated carbocycles. The molecule has 2 N–H and O–H groups in total. The number of halogens is 1. The number of aryl methyl sites for hydroxylation is 2. The van der Waals surface area contributed by atoms with Crippen molar-refractivity contribution < 1.29 is 9.59 Å². The topological polar surface area (TPSA) is 58.2 Å². The fourth-order valence-corrected chi connectivity index (χ4v) is 6.65. The Morgan fingerprint density at radius 3 is 2.31 bits per heavy atom. The Labute approximate surface area is 160 Å². The standard InChI is InChI=1S/C21H27ClN2O2/c1-13-4-3-5-14(2)18(13)24-17(25)11-23-19(26)20-7-15-6-16(8-20)10-21(22,9-15)12-20/h3-5,15-16H,6-12H2,1-2H3,(H,23,26)(H,24,25)/t15-,16-,20?,21?/m0/s1. The molecule has 140 valence electrons. The van der Waals surface area contributed by atoms with Crippen molar-refractivity contribution in [2.24, 2.45) is 17.3 Å². The van der Waals surface area contributed by atoms with Crippen LogP contribution in [0.5, 0.6) is 0 Å². The van der Waals surface area contributed by atoms with Gasteiger partial charge in [-0.3, -0.25) is 9.59 Å². The van der Waals surface area contributed by atoms with Gasteiger partial charge in [0, 0.05) is 10.6 Å². The van der Waals surface area contributed by atoms with Crippen LogP contribution in [-0.2, 0) is 9.59 Å². The van der Waals surface area contributed by atoms with Gasteiger partial charge in [0.25, 0.3) is 0 Å². The Morgan fingerprint density at radius 1 is 1.12 bits per heavy atom. The van der Waals surface area contributed by atoms with Crippen molar-refractivity contribution in [2.45, 2.75) is 57.2 Å². The number of hydrogen-bond donors (Lipinski definition) is 2. The summed E-state index contributed by atoms with van der Waals surface area (Å²) in [5.41, 5.74) is 2.52. The zero-order chi connectivity index (χ0) is 18.5. The summed E-state index contributed by atoms with van der Waals surface area (Å²) in [5, 5.41) is 5.84. The van der Waals surface area contributed by atoms with Crippen molar-refractivity contribution in [1.82, 2.24) is 5.32 Å². The van der Waals surface area contributed by atoms with Crippen molar-refractivity contribution in [3.05, 3.63) is 29.3 Å². The Balaban J connectivity index is 1.39. The van der Waals surface area contributed by atoms with Crippen LogP contribution in [0.2, 0.25) is 0 Å². The molecule has 1 aromatic carbocycles. The highest BCUT2D eigenvalue weighted by Gasteiger charge is 2.60. The van der Waals surface area contributed by atoms with E-state index >= 15 is 0 Å². The van der Waals surface area contributed by atoms with Crippen LogP contribution in [0.1, 0.15) is 49.7 Å². The lowest BCUT2D eigenvalue weighted by Gasteiger charge is -2.59. The highest BCUT2D eigenvalue weighted by atomic mass is 35.5. The molecular weight excluding hydrogens is 348 g/mol. The average molecular weight is 375 g/mol. The van der Waals surface area contributed by atoms with E-state index in [1.54, 1.807) is 0 Å². The zero-order valence-electron chi connectivity index (χ0n) is 15.5. The highest BCUT2D eigenvalue weighted by molar-refractivity contribution is 6.24. The summed E-state index contributed by atoms with van der Waals surface area (Å²) in [6.07, 6.45) is 5.94. The number of alkyl halides is 1. The van der Waals surface area contributed by atoms with Crippen molar-refractivity contribution in [1.29, 1.82) is 0 Å². The highest BCUT2D eigenvalue weighted by Crippen LogP contribution is 2.63. The summed E-state index contributed by atoms with van der Waals surface area (Å²) in [4.78, 5) is 25.1. The first-order chi connectivity index (χ1) is 12.3. The van der Waals surface area contributed by atoms with Crippen molar-refractivity contribution in [3.8, 4) is 0 Å². The number of benzene rings is 1. The number of nitrogens with one attached hydrogen (secondary N) is 2. The third-order valence-electron chi connectivity index (χ3n) is 6.63. The zero-order valence-corrected chi connectivity index (χ0v) is 16.3. The van der Waals surface area contributed by atoms with Gasteiger partial charge in [-0.25, -0.2) is 0 Å². The van der Waals surface area contributed by atoms with E-state index in [0.717, 1.165) is 48.9 Å². The minimum atomic E-state index is -0.356. The molecule has 2 atom stereocenters. The molecule has 4 fully saturated rings. The summed E-state index contributed by atoms with van der Waals surface area (Å²) in [7, 11) is 0. The van der Waals surface area contributed by atoms with Crippen LogP contribution in [0.25, 0.3) is 0 Å². The molecule has 1 aromatic rings. The van der Waals surface area contributed by atoms with Crippen LogP contribution in [-0.4, -0.2) is 23.2 Å². The summed E-state index contributed by atoms with van der Waals surface area (Å²) < 4.78 is 0. The number of anilines is 1. The number of rotatable bonds is 4. The SMILES string of the molecule is Cc1cccc(C)c1NC(=O)CNC(=O)C12C[C@@H]3C[C@H](CC(Cl)(C3)C1)C2. The van der Waals surface area contributed by atoms with E-state index in [2.05, 4.69) is 10.6 Å². The van der Waals surface area contributed by atoms with Gasteiger partial charge in [0.15, 0.2) is 0 Å². The summed E-state index contributed by atoms with van der Waals surface area (Å²) in [5.74, 6) is 0.986. The quantitative estimate of drug-likeness (QED) is 0.784. The second-order valence-electron chi connectivity index (χ2n) is 8.89. The normalized spacial score (nSPS) is 34.6. The molecule has 4 aliphatic carbocycles. The monoisotopic (exact) mass is 374 g/mol. The average Bonchev–Trinajstić information content (AvgIpc) is 2.54. The number of hydrogen-bond acceptors (Lipinski definition) is 2. The molecule has 0 saturated heterocycles. The second kappa shape index (κ2) is 6.26. The predicted octanol–water partition coefficient (Wildman–Crippen LogP) is 3.94. The second-order valence-corrected chi connectivity index (χ2v) is 9.69. The first kappa shape index (κ1) is 17.8.